The highest BCUT2D eigenvalue weighted by atomic mass is 35.5. The molecule has 1 saturated heterocycles. The number of rotatable bonds is 5. The van der Waals surface area contributed by atoms with E-state index in [0.717, 1.165) is 35.8 Å². The maximum Gasteiger partial charge on any atom is 0.0850 e. The maximum atomic E-state index is 6.45. The standard InChI is InChI=1S/C14H24ClN3S/c1-3-11-14(15)12(18(4-2)17-11)9-10(16)13-7-5-6-8-19-13/h10,13H,3-9,16H2,1-2H3. The van der Waals surface area contributed by atoms with Crippen LogP contribution >= 0.6 is 23.4 Å². The molecule has 19 heavy (non-hydrogen) atoms. The first kappa shape index (κ1) is 15.2. The van der Waals surface area contributed by atoms with Gasteiger partial charge in [0.1, 0.15) is 0 Å². The van der Waals surface area contributed by atoms with E-state index in [4.69, 9.17) is 17.3 Å². The summed E-state index contributed by atoms with van der Waals surface area (Å²) >= 11 is 8.47. The van der Waals surface area contributed by atoms with Gasteiger partial charge in [0.2, 0.25) is 0 Å². The minimum Gasteiger partial charge on any atom is -0.326 e. The molecule has 0 radical (unpaired) electrons. The number of aryl methyl sites for hydroxylation is 2. The molecule has 2 rings (SSSR count). The van der Waals surface area contributed by atoms with Gasteiger partial charge in [-0.2, -0.15) is 16.9 Å². The van der Waals surface area contributed by atoms with E-state index in [9.17, 15) is 0 Å². The van der Waals surface area contributed by atoms with Crippen molar-refractivity contribution in [1.82, 2.24) is 9.78 Å². The molecule has 0 spiro atoms. The fourth-order valence-corrected chi connectivity index (χ4v) is 4.37. The van der Waals surface area contributed by atoms with Crippen molar-refractivity contribution in [3.05, 3.63) is 16.4 Å². The molecular weight excluding hydrogens is 278 g/mol. The van der Waals surface area contributed by atoms with Gasteiger partial charge in [-0.15, -0.1) is 0 Å². The van der Waals surface area contributed by atoms with Gasteiger partial charge in [0.25, 0.3) is 0 Å². The first-order valence-corrected chi connectivity index (χ1v) is 8.71. The second-order valence-corrected chi connectivity index (χ2v) is 6.87. The van der Waals surface area contributed by atoms with Gasteiger partial charge in [-0.3, -0.25) is 4.68 Å². The van der Waals surface area contributed by atoms with Crippen molar-refractivity contribution < 1.29 is 0 Å². The number of hydrogen-bond acceptors (Lipinski definition) is 3. The van der Waals surface area contributed by atoms with Crippen molar-refractivity contribution in [2.24, 2.45) is 5.73 Å². The zero-order chi connectivity index (χ0) is 13.8. The van der Waals surface area contributed by atoms with E-state index in [0.29, 0.717) is 5.25 Å². The Balaban J connectivity index is 2.10. The van der Waals surface area contributed by atoms with E-state index in [2.05, 4.69) is 18.9 Å². The van der Waals surface area contributed by atoms with Gasteiger partial charge in [0, 0.05) is 24.3 Å². The topological polar surface area (TPSA) is 43.8 Å². The molecule has 108 valence electrons. The number of halogens is 1. The molecule has 1 aromatic heterocycles. The summed E-state index contributed by atoms with van der Waals surface area (Å²) in [5, 5.41) is 5.98. The second kappa shape index (κ2) is 7.00. The number of nitrogens with zero attached hydrogens (tertiary/aromatic N) is 2. The summed E-state index contributed by atoms with van der Waals surface area (Å²) in [5.74, 6) is 1.25. The van der Waals surface area contributed by atoms with Gasteiger partial charge in [0.05, 0.1) is 16.4 Å². The normalized spacial score (nSPS) is 21.6. The van der Waals surface area contributed by atoms with Crippen LogP contribution in [0.2, 0.25) is 5.02 Å². The monoisotopic (exact) mass is 301 g/mol. The molecule has 0 bridgehead atoms. The minimum atomic E-state index is 0.189. The lowest BCUT2D eigenvalue weighted by Crippen LogP contribution is -2.36. The quantitative estimate of drug-likeness (QED) is 0.908. The van der Waals surface area contributed by atoms with Crippen molar-refractivity contribution in [1.29, 1.82) is 0 Å². The van der Waals surface area contributed by atoms with Gasteiger partial charge in [-0.25, -0.2) is 0 Å². The molecular formula is C14H24ClN3S. The Morgan fingerprint density at radius 3 is 2.84 bits per heavy atom. The first-order valence-electron chi connectivity index (χ1n) is 7.28. The Bertz CT molecular complexity index is 413. The van der Waals surface area contributed by atoms with Crippen LogP contribution in [-0.4, -0.2) is 26.8 Å². The third kappa shape index (κ3) is 3.47. The largest absolute Gasteiger partial charge is 0.326 e. The van der Waals surface area contributed by atoms with Gasteiger partial charge in [-0.05, 0) is 31.9 Å². The molecule has 0 amide bonds. The number of aromatic nitrogens is 2. The summed E-state index contributed by atoms with van der Waals surface area (Å²) in [5.41, 5.74) is 8.53. The molecule has 2 N–H and O–H groups in total. The van der Waals surface area contributed by atoms with Gasteiger partial charge < -0.3 is 5.73 Å². The average Bonchev–Trinajstić information content (AvgIpc) is 2.76. The van der Waals surface area contributed by atoms with E-state index >= 15 is 0 Å². The third-order valence-corrected chi connectivity index (χ3v) is 5.79. The summed E-state index contributed by atoms with van der Waals surface area (Å²) in [6.45, 7) is 5.06. The van der Waals surface area contributed by atoms with Crippen LogP contribution in [0.15, 0.2) is 0 Å². The molecule has 2 atom stereocenters. The van der Waals surface area contributed by atoms with E-state index in [-0.39, 0.29) is 6.04 Å². The van der Waals surface area contributed by atoms with Gasteiger partial charge in [0.15, 0.2) is 0 Å². The van der Waals surface area contributed by atoms with E-state index in [1.54, 1.807) is 0 Å². The lowest BCUT2D eigenvalue weighted by atomic mass is 10.0. The SMILES string of the molecule is CCc1nn(CC)c(CC(N)C2CCCCS2)c1Cl. The molecule has 5 heteroatoms. The summed E-state index contributed by atoms with van der Waals surface area (Å²) in [6.07, 6.45) is 5.61. The minimum absolute atomic E-state index is 0.189. The van der Waals surface area contributed by atoms with Crippen molar-refractivity contribution in [2.45, 2.75) is 63.8 Å². The van der Waals surface area contributed by atoms with Crippen molar-refractivity contribution in [2.75, 3.05) is 5.75 Å². The predicted octanol–water partition coefficient (Wildman–Crippen LogP) is 3.27. The Morgan fingerprint density at radius 1 is 1.47 bits per heavy atom. The summed E-state index contributed by atoms with van der Waals surface area (Å²) in [6, 6.07) is 0.189. The highest BCUT2D eigenvalue weighted by Gasteiger charge is 2.24. The molecule has 3 nitrogen and oxygen atoms in total. The predicted molar refractivity (Wildman–Crippen MR) is 84.1 cm³/mol. The fraction of sp³-hybridized carbons (Fsp3) is 0.786. The Hall–Kier alpha value is -0.190. The van der Waals surface area contributed by atoms with Crippen molar-refractivity contribution in [3.63, 3.8) is 0 Å². The summed E-state index contributed by atoms with van der Waals surface area (Å²) in [4.78, 5) is 0. The molecule has 2 unspecified atom stereocenters. The highest BCUT2D eigenvalue weighted by molar-refractivity contribution is 8.00. The van der Waals surface area contributed by atoms with Crippen LogP contribution in [0.3, 0.4) is 0 Å². The Labute approximate surface area is 125 Å². The van der Waals surface area contributed by atoms with Crippen LogP contribution in [0.25, 0.3) is 0 Å². The summed E-state index contributed by atoms with van der Waals surface area (Å²) in [7, 11) is 0. The van der Waals surface area contributed by atoms with Crippen LogP contribution < -0.4 is 5.73 Å². The molecule has 0 saturated carbocycles. The molecule has 0 aliphatic carbocycles. The lowest BCUT2D eigenvalue weighted by molar-refractivity contribution is 0.530. The average molecular weight is 302 g/mol. The van der Waals surface area contributed by atoms with E-state index < -0.39 is 0 Å². The molecule has 2 heterocycles. The molecule has 1 aromatic rings. The fourth-order valence-electron chi connectivity index (χ4n) is 2.67. The Morgan fingerprint density at radius 2 is 2.26 bits per heavy atom. The molecule has 0 aromatic carbocycles. The van der Waals surface area contributed by atoms with Crippen LogP contribution in [0, 0.1) is 0 Å². The van der Waals surface area contributed by atoms with Crippen LogP contribution in [-0.2, 0) is 19.4 Å². The second-order valence-electron chi connectivity index (χ2n) is 5.15. The smallest absolute Gasteiger partial charge is 0.0850 e. The van der Waals surface area contributed by atoms with Crippen LogP contribution in [0.5, 0.6) is 0 Å². The third-order valence-electron chi connectivity index (χ3n) is 3.82. The number of thioether (sulfide) groups is 1. The van der Waals surface area contributed by atoms with Crippen LogP contribution in [0.4, 0.5) is 0 Å². The van der Waals surface area contributed by atoms with E-state index in [1.165, 1.54) is 25.0 Å². The van der Waals surface area contributed by atoms with E-state index in [1.807, 2.05) is 16.4 Å². The maximum absolute atomic E-state index is 6.45. The van der Waals surface area contributed by atoms with Crippen molar-refractivity contribution >= 4 is 23.4 Å². The van der Waals surface area contributed by atoms with Gasteiger partial charge in [-0.1, -0.05) is 24.9 Å². The van der Waals surface area contributed by atoms with Crippen LogP contribution in [0.1, 0.15) is 44.5 Å². The first-order chi connectivity index (χ1) is 9.17. The molecule has 1 aliphatic heterocycles. The zero-order valence-corrected chi connectivity index (χ0v) is 13.4. The number of hydrogen-bond donors (Lipinski definition) is 1. The summed E-state index contributed by atoms with van der Waals surface area (Å²) < 4.78 is 2.02. The number of nitrogens with two attached hydrogens (primary N) is 1. The Kier molecular flexibility index (Phi) is 5.60. The van der Waals surface area contributed by atoms with Crippen molar-refractivity contribution in [3.8, 4) is 0 Å². The lowest BCUT2D eigenvalue weighted by Gasteiger charge is -2.27. The molecule has 1 fully saturated rings. The zero-order valence-electron chi connectivity index (χ0n) is 11.9. The van der Waals surface area contributed by atoms with Gasteiger partial charge >= 0.3 is 0 Å². The highest BCUT2D eigenvalue weighted by Crippen LogP contribution is 2.30. The molecule has 1 aliphatic rings.